The molecule has 0 heterocycles. The van der Waals surface area contributed by atoms with Crippen molar-refractivity contribution in [3.05, 3.63) is 69.5 Å². The summed E-state index contributed by atoms with van der Waals surface area (Å²) in [6, 6.07) is 8.90. The number of nitro benzene ring substituents is 1. The third-order valence-electron chi connectivity index (χ3n) is 2.70. The number of rotatable bonds is 4. The highest BCUT2D eigenvalue weighted by Gasteiger charge is 2.15. The molecule has 7 nitrogen and oxygen atoms in total. The van der Waals surface area contributed by atoms with Gasteiger partial charge in [-0.25, -0.2) is 9.82 Å². The minimum absolute atomic E-state index is 0.0637. The Bertz CT molecular complexity index is 762. The highest BCUT2D eigenvalue weighted by molar-refractivity contribution is 5.95. The van der Waals surface area contributed by atoms with E-state index in [1.807, 2.05) is 0 Å². The molecular formula is C14H10FN3O4. The van der Waals surface area contributed by atoms with Gasteiger partial charge in [0, 0.05) is 17.2 Å². The molecule has 2 aromatic rings. The molecule has 22 heavy (non-hydrogen) atoms. The number of hydrogen-bond donors (Lipinski definition) is 2. The largest absolute Gasteiger partial charge is 0.502 e. The lowest BCUT2D eigenvalue weighted by Gasteiger charge is -2.01. The Morgan fingerprint density at radius 3 is 2.73 bits per heavy atom. The first-order chi connectivity index (χ1) is 10.5. The number of hydrogen-bond acceptors (Lipinski definition) is 5. The van der Waals surface area contributed by atoms with E-state index in [0.29, 0.717) is 0 Å². The van der Waals surface area contributed by atoms with Crippen LogP contribution in [0.2, 0.25) is 0 Å². The summed E-state index contributed by atoms with van der Waals surface area (Å²) in [5.74, 6) is -1.77. The summed E-state index contributed by atoms with van der Waals surface area (Å²) in [6.07, 6.45) is 1.06. The van der Waals surface area contributed by atoms with Crippen LogP contribution in [0.5, 0.6) is 5.75 Å². The summed E-state index contributed by atoms with van der Waals surface area (Å²) in [6.45, 7) is 0. The number of nitro groups is 1. The second-order valence-corrected chi connectivity index (χ2v) is 4.18. The van der Waals surface area contributed by atoms with Crippen LogP contribution in [0.3, 0.4) is 0 Å². The van der Waals surface area contributed by atoms with Gasteiger partial charge in [0.25, 0.3) is 5.91 Å². The molecule has 0 aliphatic carbocycles. The highest BCUT2D eigenvalue weighted by atomic mass is 19.1. The van der Waals surface area contributed by atoms with Crippen LogP contribution < -0.4 is 5.43 Å². The van der Waals surface area contributed by atoms with Crippen molar-refractivity contribution < 1.29 is 19.2 Å². The minimum Gasteiger partial charge on any atom is -0.502 e. The SMILES string of the molecule is O=C(N/N=C\c1cccc([N+](=O)[O-])c1O)c1cccc(F)c1. The summed E-state index contributed by atoms with van der Waals surface area (Å²) in [5.41, 5.74) is 1.80. The first-order valence-electron chi connectivity index (χ1n) is 6.04. The number of benzene rings is 2. The maximum absolute atomic E-state index is 13.0. The molecule has 0 atom stereocenters. The Labute approximate surface area is 123 Å². The fourth-order valence-corrected chi connectivity index (χ4v) is 1.65. The number of hydrazone groups is 1. The number of carbonyl (C=O) groups excluding carboxylic acids is 1. The van der Waals surface area contributed by atoms with E-state index in [4.69, 9.17) is 0 Å². The monoisotopic (exact) mass is 303 g/mol. The van der Waals surface area contributed by atoms with Crippen molar-refractivity contribution in [1.82, 2.24) is 5.43 Å². The zero-order chi connectivity index (χ0) is 16.1. The number of nitrogens with zero attached hydrogens (tertiary/aromatic N) is 2. The number of phenolic OH excluding ortho intramolecular Hbond substituents is 1. The predicted molar refractivity (Wildman–Crippen MR) is 76.2 cm³/mol. The number of nitrogens with one attached hydrogen (secondary N) is 1. The van der Waals surface area contributed by atoms with Crippen LogP contribution in [-0.2, 0) is 0 Å². The molecule has 0 aliphatic heterocycles. The number of phenols is 1. The van der Waals surface area contributed by atoms with Gasteiger partial charge in [0.05, 0.1) is 11.1 Å². The van der Waals surface area contributed by atoms with Crippen LogP contribution in [-0.4, -0.2) is 22.2 Å². The fourth-order valence-electron chi connectivity index (χ4n) is 1.65. The highest BCUT2D eigenvalue weighted by Crippen LogP contribution is 2.27. The maximum atomic E-state index is 13.0. The molecule has 0 fully saturated rings. The molecule has 2 aromatic carbocycles. The normalized spacial score (nSPS) is 10.6. The summed E-state index contributed by atoms with van der Waals surface area (Å²) in [4.78, 5) is 21.6. The van der Waals surface area contributed by atoms with E-state index in [1.165, 1.54) is 30.3 Å². The Morgan fingerprint density at radius 1 is 1.32 bits per heavy atom. The number of para-hydroxylation sites is 1. The second-order valence-electron chi connectivity index (χ2n) is 4.18. The maximum Gasteiger partial charge on any atom is 0.311 e. The van der Waals surface area contributed by atoms with E-state index < -0.39 is 28.1 Å². The van der Waals surface area contributed by atoms with E-state index in [0.717, 1.165) is 18.3 Å². The summed E-state index contributed by atoms with van der Waals surface area (Å²) >= 11 is 0. The molecule has 1 amide bonds. The van der Waals surface area contributed by atoms with E-state index >= 15 is 0 Å². The van der Waals surface area contributed by atoms with Gasteiger partial charge in [-0.3, -0.25) is 14.9 Å². The van der Waals surface area contributed by atoms with Crippen molar-refractivity contribution in [2.45, 2.75) is 0 Å². The summed E-state index contributed by atoms with van der Waals surface area (Å²) in [7, 11) is 0. The van der Waals surface area contributed by atoms with E-state index in [-0.39, 0.29) is 11.1 Å². The zero-order valence-corrected chi connectivity index (χ0v) is 11.1. The number of aromatic hydroxyl groups is 1. The van der Waals surface area contributed by atoms with Crippen LogP contribution >= 0.6 is 0 Å². The quantitative estimate of drug-likeness (QED) is 0.513. The van der Waals surface area contributed by atoms with Gasteiger partial charge in [0.1, 0.15) is 5.82 Å². The topological polar surface area (TPSA) is 105 Å². The van der Waals surface area contributed by atoms with Gasteiger partial charge in [-0.2, -0.15) is 5.10 Å². The van der Waals surface area contributed by atoms with Gasteiger partial charge in [0.15, 0.2) is 0 Å². The average molecular weight is 303 g/mol. The van der Waals surface area contributed by atoms with Crippen LogP contribution in [0.25, 0.3) is 0 Å². The minimum atomic E-state index is -0.738. The first kappa shape index (κ1) is 15.1. The Kier molecular flexibility index (Phi) is 4.42. The lowest BCUT2D eigenvalue weighted by molar-refractivity contribution is -0.385. The fraction of sp³-hybridized carbons (Fsp3) is 0. The lowest BCUT2D eigenvalue weighted by atomic mass is 10.2. The molecule has 0 aromatic heterocycles. The van der Waals surface area contributed by atoms with Crippen LogP contribution in [0.1, 0.15) is 15.9 Å². The van der Waals surface area contributed by atoms with Crippen molar-refractivity contribution in [1.29, 1.82) is 0 Å². The van der Waals surface area contributed by atoms with Crippen LogP contribution in [0.4, 0.5) is 10.1 Å². The molecule has 2 N–H and O–H groups in total. The third kappa shape index (κ3) is 3.42. The summed E-state index contributed by atoms with van der Waals surface area (Å²) in [5, 5.41) is 23.9. The molecule has 0 aliphatic rings. The molecule has 0 saturated carbocycles. The molecule has 2 rings (SSSR count). The van der Waals surface area contributed by atoms with Crippen molar-refractivity contribution in [3.8, 4) is 5.75 Å². The number of amides is 1. The van der Waals surface area contributed by atoms with Crippen LogP contribution in [0, 0.1) is 15.9 Å². The van der Waals surface area contributed by atoms with Gasteiger partial charge in [0.2, 0.25) is 5.75 Å². The third-order valence-corrected chi connectivity index (χ3v) is 2.70. The van der Waals surface area contributed by atoms with Gasteiger partial charge in [-0.15, -0.1) is 0 Å². The van der Waals surface area contributed by atoms with Crippen molar-refractivity contribution in [3.63, 3.8) is 0 Å². The standard InChI is InChI=1S/C14H10FN3O4/c15-11-5-1-3-9(7-11)14(20)17-16-8-10-4-2-6-12(13(10)19)18(21)22/h1-8,19H,(H,17,20)/b16-8-. The van der Waals surface area contributed by atoms with Crippen LogP contribution in [0.15, 0.2) is 47.6 Å². The van der Waals surface area contributed by atoms with Crippen molar-refractivity contribution >= 4 is 17.8 Å². The number of carbonyl (C=O) groups is 1. The average Bonchev–Trinajstić information content (AvgIpc) is 2.48. The molecular weight excluding hydrogens is 293 g/mol. The van der Waals surface area contributed by atoms with E-state index in [1.54, 1.807) is 0 Å². The number of halogens is 1. The Morgan fingerprint density at radius 2 is 2.05 bits per heavy atom. The van der Waals surface area contributed by atoms with Gasteiger partial charge in [-0.05, 0) is 24.3 Å². The molecule has 112 valence electrons. The van der Waals surface area contributed by atoms with E-state index in [2.05, 4.69) is 10.5 Å². The lowest BCUT2D eigenvalue weighted by Crippen LogP contribution is -2.17. The summed E-state index contributed by atoms with van der Waals surface area (Å²) < 4.78 is 13.0. The molecule has 8 heteroatoms. The molecule has 0 saturated heterocycles. The Balaban J connectivity index is 2.12. The van der Waals surface area contributed by atoms with Gasteiger partial charge in [-0.1, -0.05) is 12.1 Å². The van der Waals surface area contributed by atoms with Gasteiger partial charge < -0.3 is 5.11 Å². The predicted octanol–water partition coefficient (Wildman–Crippen LogP) is 2.20. The molecule has 0 radical (unpaired) electrons. The first-order valence-corrected chi connectivity index (χ1v) is 6.04. The molecule has 0 unspecified atom stereocenters. The van der Waals surface area contributed by atoms with Crippen molar-refractivity contribution in [2.75, 3.05) is 0 Å². The van der Waals surface area contributed by atoms with Gasteiger partial charge >= 0.3 is 5.69 Å². The zero-order valence-electron chi connectivity index (χ0n) is 11.1. The molecule has 0 bridgehead atoms. The smallest absolute Gasteiger partial charge is 0.311 e. The Hall–Kier alpha value is -3.29. The van der Waals surface area contributed by atoms with Crippen molar-refractivity contribution in [2.24, 2.45) is 5.10 Å². The second kappa shape index (κ2) is 6.44. The van der Waals surface area contributed by atoms with E-state index in [9.17, 15) is 24.4 Å². The molecule has 0 spiro atoms.